The fraction of sp³-hybridized carbons (Fsp3) is 0.281. The largest absolute Gasteiger partial charge is 0.455 e. The third kappa shape index (κ3) is 2.91. The van der Waals surface area contributed by atoms with E-state index in [0.29, 0.717) is 11.3 Å². The van der Waals surface area contributed by atoms with Crippen molar-refractivity contribution in [2.45, 2.75) is 52.4 Å². The molecule has 1 saturated carbocycles. The number of aryl methyl sites for hydroxylation is 1. The topological polar surface area (TPSA) is 25.5 Å². The third-order valence-corrected chi connectivity index (χ3v) is 8.20. The summed E-state index contributed by atoms with van der Waals surface area (Å²) in [5.41, 5.74) is 9.53. The van der Waals surface area contributed by atoms with E-state index in [1.165, 1.54) is 63.9 Å². The monoisotopic (exact) mass is 443 g/mol. The molecule has 2 aliphatic rings. The van der Waals surface area contributed by atoms with Crippen LogP contribution in [0.25, 0.3) is 32.7 Å². The molecule has 0 saturated heterocycles. The van der Waals surface area contributed by atoms with Gasteiger partial charge >= 0.3 is 0 Å². The van der Waals surface area contributed by atoms with Crippen molar-refractivity contribution in [3.63, 3.8) is 0 Å². The number of hydrogen-bond donors (Lipinski definition) is 0. The van der Waals surface area contributed by atoms with Crippen LogP contribution in [0.2, 0.25) is 0 Å². The van der Waals surface area contributed by atoms with Crippen molar-refractivity contribution >= 4 is 44.1 Å². The minimum absolute atomic E-state index is 0.477. The van der Waals surface area contributed by atoms with Crippen molar-refractivity contribution in [1.29, 1.82) is 0 Å². The van der Waals surface area contributed by atoms with Gasteiger partial charge in [0.2, 0.25) is 0 Å². The number of hydrogen-bond acceptors (Lipinski definition) is 2. The van der Waals surface area contributed by atoms with Crippen LogP contribution in [-0.4, -0.2) is 5.71 Å². The molecule has 0 radical (unpaired) electrons. The molecule has 7 rings (SSSR count). The normalized spacial score (nSPS) is 17.7. The molecule has 168 valence electrons. The number of nitrogens with zero attached hydrogens (tertiary/aromatic N) is 1. The molecule has 1 aliphatic carbocycles. The fourth-order valence-electron chi connectivity index (χ4n) is 6.30. The Morgan fingerprint density at radius 3 is 2.47 bits per heavy atom. The lowest BCUT2D eigenvalue weighted by molar-refractivity contribution is 0.225. The molecule has 4 aromatic carbocycles. The highest BCUT2D eigenvalue weighted by molar-refractivity contribution is 6.30. The zero-order chi connectivity index (χ0) is 23.0. The number of rotatable bonds is 2. The predicted molar refractivity (Wildman–Crippen MR) is 143 cm³/mol. The Hall–Kier alpha value is -3.39. The number of para-hydroxylation sites is 1. The van der Waals surface area contributed by atoms with Crippen LogP contribution < -0.4 is 0 Å². The Balaban J connectivity index is 1.41. The molecule has 0 amide bonds. The summed E-state index contributed by atoms with van der Waals surface area (Å²) in [6, 6.07) is 24.1. The summed E-state index contributed by atoms with van der Waals surface area (Å²) in [6.45, 7) is 6.99. The Morgan fingerprint density at radius 1 is 0.824 bits per heavy atom. The Morgan fingerprint density at radius 2 is 1.62 bits per heavy atom. The fourth-order valence-corrected chi connectivity index (χ4v) is 6.30. The summed E-state index contributed by atoms with van der Waals surface area (Å²) in [7, 11) is 0. The van der Waals surface area contributed by atoms with Crippen LogP contribution in [0.15, 0.2) is 76.1 Å². The van der Waals surface area contributed by atoms with Gasteiger partial charge in [-0.25, -0.2) is 4.99 Å². The molecule has 0 bridgehead atoms. The zero-order valence-electron chi connectivity index (χ0n) is 20.1. The van der Waals surface area contributed by atoms with E-state index < -0.39 is 0 Å². The molecule has 34 heavy (non-hydrogen) atoms. The third-order valence-electron chi connectivity index (χ3n) is 8.20. The first-order valence-electron chi connectivity index (χ1n) is 12.6. The van der Waals surface area contributed by atoms with Gasteiger partial charge in [-0.15, -0.1) is 0 Å². The van der Waals surface area contributed by atoms with Gasteiger partial charge in [0.1, 0.15) is 11.2 Å². The van der Waals surface area contributed by atoms with E-state index >= 15 is 0 Å². The molecule has 1 fully saturated rings. The second-order valence-electron chi connectivity index (χ2n) is 11.1. The smallest absolute Gasteiger partial charge is 0.144 e. The maximum absolute atomic E-state index is 6.40. The summed E-state index contributed by atoms with van der Waals surface area (Å²) < 4.78 is 6.40. The van der Waals surface area contributed by atoms with E-state index in [-0.39, 0.29) is 0 Å². The summed E-state index contributed by atoms with van der Waals surface area (Å²) in [6.07, 6.45) is 5.15. The first kappa shape index (κ1) is 20.0. The van der Waals surface area contributed by atoms with Gasteiger partial charge in [0, 0.05) is 27.3 Å². The quantitative estimate of drug-likeness (QED) is 0.262. The first-order valence-corrected chi connectivity index (χ1v) is 12.6. The Kier molecular flexibility index (Phi) is 4.16. The van der Waals surface area contributed by atoms with Crippen LogP contribution in [-0.2, 0) is 0 Å². The molecule has 1 aromatic heterocycles. The van der Waals surface area contributed by atoms with E-state index in [9.17, 15) is 0 Å². The minimum Gasteiger partial charge on any atom is -0.455 e. The highest BCUT2D eigenvalue weighted by Crippen LogP contribution is 2.47. The maximum atomic E-state index is 6.40. The molecule has 2 heteroatoms. The van der Waals surface area contributed by atoms with Gasteiger partial charge in [0.15, 0.2) is 0 Å². The molecule has 5 aromatic rings. The van der Waals surface area contributed by atoms with Crippen LogP contribution in [0.3, 0.4) is 0 Å². The Labute approximate surface area is 200 Å². The van der Waals surface area contributed by atoms with Crippen LogP contribution in [0.4, 0.5) is 5.69 Å². The van der Waals surface area contributed by atoms with Gasteiger partial charge in [-0.05, 0) is 84.7 Å². The van der Waals surface area contributed by atoms with Crippen LogP contribution in [0.5, 0.6) is 0 Å². The van der Waals surface area contributed by atoms with E-state index in [1.807, 2.05) is 6.07 Å². The predicted octanol–water partition coefficient (Wildman–Crippen LogP) is 9.21. The van der Waals surface area contributed by atoms with Gasteiger partial charge in [-0.2, -0.15) is 0 Å². The highest BCUT2D eigenvalue weighted by Gasteiger charge is 2.30. The number of furan rings is 1. The van der Waals surface area contributed by atoms with Crippen LogP contribution in [0, 0.1) is 12.3 Å². The second kappa shape index (κ2) is 7.06. The van der Waals surface area contributed by atoms with E-state index in [2.05, 4.69) is 81.4 Å². The zero-order valence-corrected chi connectivity index (χ0v) is 20.1. The molecular formula is C32H29NO. The summed E-state index contributed by atoms with van der Waals surface area (Å²) in [5, 5.41) is 5.03. The SMILES string of the molecule is Cc1cc(C2=Nc3cccc4c(C5CCC(C)(C)CC5)ccc2c34)c2oc3ccccc3c2c1. The second-order valence-corrected chi connectivity index (χ2v) is 11.1. The Bertz CT molecular complexity index is 1640. The standard InChI is InChI=1S/C32H29NO/c1-19-17-25-22-7-4-5-10-28(22)34-31(25)26(18-19)30-24-12-11-21(20-13-15-32(2,3)16-14-20)23-8-6-9-27(33-30)29(23)24/h4-12,17-18,20H,13-16H2,1-3H3. The highest BCUT2D eigenvalue weighted by atomic mass is 16.3. The molecular weight excluding hydrogens is 414 g/mol. The van der Waals surface area contributed by atoms with Crippen molar-refractivity contribution in [1.82, 2.24) is 0 Å². The number of fused-ring (bicyclic) bond motifs is 3. The lowest BCUT2D eigenvalue weighted by Crippen LogP contribution is -2.20. The molecule has 0 unspecified atom stereocenters. The molecule has 1 aliphatic heterocycles. The van der Waals surface area contributed by atoms with Gasteiger partial charge < -0.3 is 4.42 Å². The number of aliphatic imine (C=N–C) groups is 1. The molecule has 0 atom stereocenters. The van der Waals surface area contributed by atoms with Crippen molar-refractivity contribution in [2.75, 3.05) is 0 Å². The van der Waals surface area contributed by atoms with E-state index in [0.717, 1.165) is 28.1 Å². The lowest BCUT2D eigenvalue weighted by atomic mass is 9.70. The minimum atomic E-state index is 0.477. The van der Waals surface area contributed by atoms with Gasteiger partial charge in [0.25, 0.3) is 0 Å². The average Bonchev–Trinajstić information content (AvgIpc) is 3.39. The van der Waals surface area contributed by atoms with Crippen LogP contribution >= 0.6 is 0 Å². The van der Waals surface area contributed by atoms with Crippen molar-refractivity contribution in [2.24, 2.45) is 10.4 Å². The average molecular weight is 444 g/mol. The van der Waals surface area contributed by atoms with Gasteiger partial charge in [0.05, 0.1) is 11.4 Å². The van der Waals surface area contributed by atoms with E-state index in [1.54, 1.807) is 0 Å². The van der Waals surface area contributed by atoms with Crippen molar-refractivity contribution in [3.05, 3.63) is 89.0 Å². The summed E-state index contributed by atoms with van der Waals surface area (Å²) >= 11 is 0. The lowest BCUT2D eigenvalue weighted by Gasteiger charge is -2.35. The number of benzene rings is 4. The van der Waals surface area contributed by atoms with Crippen molar-refractivity contribution < 1.29 is 4.42 Å². The van der Waals surface area contributed by atoms with Gasteiger partial charge in [-0.3, -0.25) is 0 Å². The first-order chi connectivity index (χ1) is 16.5. The van der Waals surface area contributed by atoms with E-state index in [4.69, 9.17) is 9.41 Å². The molecule has 0 spiro atoms. The summed E-state index contributed by atoms with van der Waals surface area (Å²) in [4.78, 5) is 5.19. The molecule has 2 heterocycles. The molecule has 0 N–H and O–H groups in total. The van der Waals surface area contributed by atoms with Crippen LogP contribution in [0.1, 0.15) is 67.7 Å². The maximum Gasteiger partial charge on any atom is 0.144 e. The van der Waals surface area contributed by atoms with Crippen molar-refractivity contribution in [3.8, 4) is 0 Å². The molecule has 2 nitrogen and oxygen atoms in total. The summed E-state index contributed by atoms with van der Waals surface area (Å²) in [5.74, 6) is 0.641. The van der Waals surface area contributed by atoms with Gasteiger partial charge in [-0.1, -0.05) is 56.3 Å².